The van der Waals surface area contributed by atoms with Crippen LogP contribution in [-0.2, 0) is 14.3 Å². The quantitative estimate of drug-likeness (QED) is 0.726. The van der Waals surface area contributed by atoms with Gasteiger partial charge in [0.2, 0.25) is 0 Å². The Hall–Kier alpha value is -1.26. The van der Waals surface area contributed by atoms with Crippen LogP contribution in [-0.4, -0.2) is 42.8 Å². The molecule has 1 aliphatic rings. The van der Waals surface area contributed by atoms with Gasteiger partial charge in [0.15, 0.2) is 0 Å². The maximum atomic E-state index is 11.7. The van der Waals surface area contributed by atoms with Crippen LogP contribution in [0, 0.1) is 11.8 Å². The van der Waals surface area contributed by atoms with E-state index in [1.165, 1.54) is 7.11 Å². The zero-order valence-electron chi connectivity index (χ0n) is 11.9. The summed E-state index contributed by atoms with van der Waals surface area (Å²) in [6.07, 6.45) is 0.429. The summed E-state index contributed by atoms with van der Waals surface area (Å²) in [5, 5.41) is 0. The van der Waals surface area contributed by atoms with Crippen LogP contribution in [0.3, 0.4) is 0 Å². The first-order chi connectivity index (χ1) is 8.28. The van der Waals surface area contributed by atoms with Crippen molar-refractivity contribution in [3.8, 4) is 0 Å². The Morgan fingerprint density at radius 1 is 1.33 bits per heavy atom. The Morgan fingerprint density at radius 3 is 2.28 bits per heavy atom. The highest BCUT2D eigenvalue weighted by Gasteiger charge is 2.40. The number of esters is 1. The zero-order valence-corrected chi connectivity index (χ0v) is 11.9. The van der Waals surface area contributed by atoms with Gasteiger partial charge < -0.3 is 14.4 Å². The molecule has 5 heteroatoms. The molecule has 1 aliphatic heterocycles. The Bertz CT molecular complexity index is 315. The largest absolute Gasteiger partial charge is 0.469 e. The molecule has 1 heterocycles. The predicted molar refractivity (Wildman–Crippen MR) is 67.1 cm³/mol. The monoisotopic (exact) mass is 257 g/mol. The molecule has 1 atom stereocenters. The zero-order chi connectivity index (χ0) is 13.9. The van der Waals surface area contributed by atoms with Gasteiger partial charge in [0, 0.05) is 19.0 Å². The Labute approximate surface area is 108 Å². The summed E-state index contributed by atoms with van der Waals surface area (Å²) in [7, 11) is 1.40. The molecular formula is C13H23NO4. The van der Waals surface area contributed by atoms with Crippen LogP contribution >= 0.6 is 0 Å². The third-order valence-corrected chi connectivity index (χ3v) is 3.07. The summed E-state index contributed by atoms with van der Waals surface area (Å²) in [6, 6.07) is 0. The third kappa shape index (κ3) is 3.62. The maximum Gasteiger partial charge on any atom is 0.410 e. The number of hydrogen-bond acceptors (Lipinski definition) is 4. The molecule has 0 spiro atoms. The molecular weight excluding hydrogens is 234 g/mol. The standard InChI is InChI=1S/C13H23NO4/c1-6-10(11(15)17-5)9-7-14(8-9)12(16)18-13(2,3)4/h9-10H,6-8H2,1-5H3. The molecule has 1 saturated heterocycles. The third-order valence-electron chi connectivity index (χ3n) is 3.07. The second-order valence-electron chi connectivity index (χ2n) is 5.68. The fraction of sp³-hybridized carbons (Fsp3) is 0.846. The van der Waals surface area contributed by atoms with Gasteiger partial charge in [-0.15, -0.1) is 0 Å². The number of methoxy groups -OCH3 is 1. The highest BCUT2D eigenvalue weighted by molar-refractivity contribution is 5.74. The van der Waals surface area contributed by atoms with Gasteiger partial charge >= 0.3 is 12.1 Å². The van der Waals surface area contributed by atoms with Crippen molar-refractivity contribution in [3.05, 3.63) is 0 Å². The molecule has 0 saturated carbocycles. The van der Waals surface area contributed by atoms with Crippen LogP contribution in [0.1, 0.15) is 34.1 Å². The van der Waals surface area contributed by atoms with Crippen molar-refractivity contribution < 1.29 is 19.1 Å². The molecule has 1 rings (SSSR count). The van der Waals surface area contributed by atoms with Gasteiger partial charge in [-0.3, -0.25) is 4.79 Å². The van der Waals surface area contributed by atoms with Crippen LogP contribution in [0.2, 0.25) is 0 Å². The summed E-state index contributed by atoms with van der Waals surface area (Å²) in [5.41, 5.74) is -0.478. The lowest BCUT2D eigenvalue weighted by atomic mass is 9.84. The summed E-state index contributed by atoms with van der Waals surface area (Å²) in [6.45, 7) is 8.62. The number of amides is 1. The van der Waals surface area contributed by atoms with Crippen molar-refractivity contribution >= 4 is 12.1 Å². The lowest BCUT2D eigenvalue weighted by Gasteiger charge is -2.42. The second kappa shape index (κ2) is 5.59. The molecule has 1 amide bonds. The summed E-state index contributed by atoms with van der Waals surface area (Å²) in [4.78, 5) is 24.9. The minimum absolute atomic E-state index is 0.117. The van der Waals surface area contributed by atoms with Gasteiger partial charge in [0.25, 0.3) is 0 Å². The Morgan fingerprint density at radius 2 is 1.89 bits per heavy atom. The molecule has 104 valence electrons. The van der Waals surface area contributed by atoms with Crippen LogP contribution in [0.5, 0.6) is 0 Å². The van der Waals surface area contributed by atoms with Crippen molar-refractivity contribution in [3.63, 3.8) is 0 Å². The van der Waals surface area contributed by atoms with Crippen molar-refractivity contribution in [1.29, 1.82) is 0 Å². The molecule has 0 aromatic heterocycles. The smallest absolute Gasteiger partial charge is 0.410 e. The number of hydrogen-bond donors (Lipinski definition) is 0. The second-order valence-corrected chi connectivity index (χ2v) is 5.68. The lowest BCUT2D eigenvalue weighted by Crippen LogP contribution is -2.55. The average molecular weight is 257 g/mol. The summed E-state index contributed by atoms with van der Waals surface area (Å²) >= 11 is 0. The van der Waals surface area contributed by atoms with Gasteiger partial charge in [-0.1, -0.05) is 6.92 Å². The van der Waals surface area contributed by atoms with Gasteiger partial charge in [0.05, 0.1) is 13.0 Å². The van der Waals surface area contributed by atoms with Crippen LogP contribution in [0.25, 0.3) is 0 Å². The Balaban J connectivity index is 2.43. The molecule has 0 aromatic rings. The molecule has 0 bridgehead atoms. The Kier molecular flexibility index (Phi) is 4.59. The molecule has 0 aromatic carbocycles. The van der Waals surface area contributed by atoms with E-state index < -0.39 is 5.60 Å². The normalized spacial score (nSPS) is 17.9. The van der Waals surface area contributed by atoms with E-state index in [1.807, 2.05) is 27.7 Å². The number of carbonyl (C=O) groups excluding carboxylic acids is 2. The van der Waals surface area contributed by atoms with E-state index in [4.69, 9.17) is 9.47 Å². The fourth-order valence-electron chi connectivity index (χ4n) is 2.09. The maximum absolute atomic E-state index is 11.7. The summed E-state index contributed by atoms with van der Waals surface area (Å²) in [5.74, 6) is -0.116. The molecule has 5 nitrogen and oxygen atoms in total. The van der Waals surface area contributed by atoms with E-state index >= 15 is 0 Å². The number of nitrogens with zero attached hydrogens (tertiary/aromatic N) is 1. The molecule has 18 heavy (non-hydrogen) atoms. The molecule has 0 aliphatic carbocycles. The van der Waals surface area contributed by atoms with E-state index in [0.29, 0.717) is 13.1 Å². The van der Waals surface area contributed by atoms with Gasteiger partial charge in [0.1, 0.15) is 5.60 Å². The highest BCUT2D eigenvalue weighted by atomic mass is 16.6. The lowest BCUT2D eigenvalue weighted by molar-refractivity contribution is -0.150. The van der Waals surface area contributed by atoms with Crippen molar-refractivity contribution in [2.75, 3.05) is 20.2 Å². The van der Waals surface area contributed by atoms with E-state index in [9.17, 15) is 9.59 Å². The molecule has 1 unspecified atom stereocenters. The van der Waals surface area contributed by atoms with E-state index in [0.717, 1.165) is 6.42 Å². The van der Waals surface area contributed by atoms with Crippen molar-refractivity contribution in [2.45, 2.75) is 39.7 Å². The first-order valence-corrected chi connectivity index (χ1v) is 6.34. The molecule has 0 N–H and O–H groups in total. The number of carbonyl (C=O) groups is 2. The SMILES string of the molecule is CCC(C(=O)OC)C1CN(C(=O)OC(C)(C)C)C1. The van der Waals surface area contributed by atoms with Gasteiger partial charge in [-0.25, -0.2) is 4.79 Å². The summed E-state index contributed by atoms with van der Waals surface area (Å²) < 4.78 is 10.0. The molecule has 1 fully saturated rings. The van der Waals surface area contributed by atoms with Crippen molar-refractivity contribution in [1.82, 2.24) is 4.90 Å². The first kappa shape index (κ1) is 14.8. The minimum Gasteiger partial charge on any atom is -0.469 e. The predicted octanol–water partition coefficient (Wildman–Crippen LogP) is 2.05. The van der Waals surface area contributed by atoms with E-state index in [-0.39, 0.29) is 23.9 Å². The minimum atomic E-state index is -0.478. The van der Waals surface area contributed by atoms with Crippen LogP contribution < -0.4 is 0 Å². The van der Waals surface area contributed by atoms with Crippen molar-refractivity contribution in [2.24, 2.45) is 11.8 Å². The molecule has 0 radical (unpaired) electrons. The highest BCUT2D eigenvalue weighted by Crippen LogP contribution is 2.28. The first-order valence-electron chi connectivity index (χ1n) is 6.34. The van der Waals surface area contributed by atoms with Gasteiger partial charge in [-0.2, -0.15) is 0 Å². The number of ether oxygens (including phenoxy) is 2. The topological polar surface area (TPSA) is 55.8 Å². The number of likely N-dealkylation sites (tertiary alicyclic amines) is 1. The average Bonchev–Trinajstić information content (AvgIpc) is 2.18. The fourth-order valence-corrected chi connectivity index (χ4v) is 2.09. The van der Waals surface area contributed by atoms with Crippen LogP contribution in [0.4, 0.5) is 4.79 Å². The van der Waals surface area contributed by atoms with Crippen LogP contribution in [0.15, 0.2) is 0 Å². The van der Waals surface area contributed by atoms with E-state index in [1.54, 1.807) is 4.90 Å². The van der Waals surface area contributed by atoms with E-state index in [2.05, 4.69) is 0 Å². The number of rotatable bonds is 3. The van der Waals surface area contributed by atoms with Gasteiger partial charge in [-0.05, 0) is 27.2 Å².